The number of para-hydroxylation sites is 1. The van der Waals surface area contributed by atoms with Gasteiger partial charge in [0.05, 0.1) is 16.6 Å². The Kier molecular flexibility index (Phi) is 7.36. The number of benzene rings is 3. The maximum Gasteiger partial charge on any atom is 0.264 e. The Morgan fingerprint density at radius 2 is 1.62 bits per heavy atom. The summed E-state index contributed by atoms with van der Waals surface area (Å²) in [4.78, 5) is 13.2. The molecule has 0 aliphatic carbocycles. The van der Waals surface area contributed by atoms with Crippen molar-refractivity contribution in [3.8, 4) is 0 Å². The van der Waals surface area contributed by atoms with Gasteiger partial charge in [0.25, 0.3) is 10.0 Å². The minimum atomic E-state index is -3.92. The number of carbonyl (C=O) groups excluding carboxylic acids is 1. The van der Waals surface area contributed by atoms with Gasteiger partial charge < -0.3 is 5.32 Å². The minimum absolute atomic E-state index is 0.154. The number of carbonyl (C=O) groups is 1. The molecule has 0 radical (unpaired) electrons. The van der Waals surface area contributed by atoms with E-state index in [4.69, 9.17) is 0 Å². The molecule has 0 aliphatic rings. The number of nitrogens with one attached hydrogen (secondary N) is 1. The van der Waals surface area contributed by atoms with Crippen LogP contribution in [0, 0.1) is 13.8 Å². The number of amides is 1. The lowest BCUT2D eigenvalue weighted by Crippen LogP contribution is -2.42. The van der Waals surface area contributed by atoms with Gasteiger partial charge in [-0.05, 0) is 62.1 Å². The van der Waals surface area contributed by atoms with E-state index in [0.717, 1.165) is 22.3 Å². The Bertz CT molecular complexity index is 1190. The average molecular weight is 451 g/mol. The fourth-order valence-corrected chi connectivity index (χ4v) is 5.36. The van der Waals surface area contributed by atoms with Gasteiger partial charge in [0, 0.05) is 0 Å². The van der Waals surface area contributed by atoms with Gasteiger partial charge in [-0.1, -0.05) is 67.1 Å². The summed E-state index contributed by atoms with van der Waals surface area (Å²) in [6.45, 7) is 7.61. The molecule has 0 fully saturated rings. The Morgan fingerprint density at radius 1 is 0.969 bits per heavy atom. The number of sulfonamides is 1. The van der Waals surface area contributed by atoms with Gasteiger partial charge >= 0.3 is 0 Å². The molecule has 6 heteroatoms. The van der Waals surface area contributed by atoms with Crippen molar-refractivity contribution in [1.82, 2.24) is 5.32 Å². The van der Waals surface area contributed by atoms with E-state index in [1.807, 2.05) is 52.0 Å². The van der Waals surface area contributed by atoms with E-state index in [2.05, 4.69) is 11.4 Å². The maximum atomic E-state index is 13.5. The van der Waals surface area contributed by atoms with Crippen molar-refractivity contribution in [2.24, 2.45) is 0 Å². The molecule has 0 bridgehead atoms. The van der Waals surface area contributed by atoms with Crippen LogP contribution in [0.1, 0.15) is 42.1 Å². The van der Waals surface area contributed by atoms with Crippen LogP contribution in [0.25, 0.3) is 0 Å². The fourth-order valence-electron chi connectivity index (χ4n) is 3.88. The fraction of sp³-hybridized carbons (Fsp3) is 0.269. The maximum absolute atomic E-state index is 13.5. The first kappa shape index (κ1) is 23.5. The monoisotopic (exact) mass is 450 g/mol. The van der Waals surface area contributed by atoms with Crippen molar-refractivity contribution in [3.05, 3.63) is 95.1 Å². The Balaban J connectivity index is 1.93. The largest absolute Gasteiger partial charge is 0.348 e. The molecule has 3 rings (SSSR count). The Labute approximate surface area is 191 Å². The molecule has 0 heterocycles. The predicted molar refractivity (Wildman–Crippen MR) is 129 cm³/mol. The molecule has 0 aliphatic heterocycles. The van der Waals surface area contributed by atoms with Crippen LogP contribution in [0.3, 0.4) is 0 Å². The summed E-state index contributed by atoms with van der Waals surface area (Å²) in [5, 5.41) is 2.97. The van der Waals surface area contributed by atoms with Crippen molar-refractivity contribution in [2.45, 2.75) is 45.1 Å². The number of hydrogen-bond acceptors (Lipinski definition) is 3. The van der Waals surface area contributed by atoms with E-state index in [1.54, 1.807) is 42.5 Å². The molecule has 5 nitrogen and oxygen atoms in total. The van der Waals surface area contributed by atoms with Gasteiger partial charge in [-0.3, -0.25) is 9.10 Å². The first-order valence-corrected chi connectivity index (χ1v) is 12.2. The molecule has 3 aromatic carbocycles. The van der Waals surface area contributed by atoms with Crippen molar-refractivity contribution >= 4 is 21.6 Å². The third-order valence-electron chi connectivity index (χ3n) is 5.53. The third kappa shape index (κ3) is 5.19. The van der Waals surface area contributed by atoms with Gasteiger partial charge in [-0.2, -0.15) is 0 Å². The topological polar surface area (TPSA) is 66.5 Å². The van der Waals surface area contributed by atoms with Crippen LogP contribution >= 0.6 is 0 Å². The van der Waals surface area contributed by atoms with E-state index in [9.17, 15) is 13.2 Å². The molecule has 1 atom stereocenters. The normalized spacial score (nSPS) is 12.2. The van der Waals surface area contributed by atoms with Crippen LogP contribution in [0.4, 0.5) is 5.69 Å². The summed E-state index contributed by atoms with van der Waals surface area (Å²) < 4.78 is 28.3. The summed E-state index contributed by atoms with van der Waals surface area (Å²) >= 11 is 0. The zero-order valence-corrected chi connectivity index (χ0v) is 19.8. The molecule has 0 saturated heterocycles. The van der Waals surface area contributed by atoms with E-state index < -0.39 is 10.0 Å². The number of anilines is 1. The average Bonchev–Trinajstić information content (AvgIpc) is 2.77. The highest BCUT2D eigenvalue weighted by Crippen LogP contribution is 2.27. The lowest BCUT2D eigenvalue weighted by atomic mass is 10.0. The first-order chi connectivity index (χ1) is 15.2. The third-order valence-corrected chi connectivity index (χ3v) is 7.30. The van der Waals surface area contributed by atoms with E-state index >= 15 is 0 Å². The number of hydrogen-bond donors (Lipinski definition) is 1. The van der Waals surface area contributed by atoms with Crippen LogP contribution in [0.5, 0.6) is 0 Å². The van der Waals surface area contributed by atoms with E-state index in [0.29, 0.717) is 12.1 Å². The summed E-state index contributed by atoms with van der Waals surface area (Å²) in [7, 11) is -3.92. The number of aryl methyl sites for hydroxylation is 3. The van der Waals surface area contributed by atoms with Gasteiger partial charge in [0.1, 0.15) is 6.54 Å². The van der Waals surface area contributed by atoms with Gasteiger partial charge in [-0.25, -0.2) is 8.42 Å². The highest BCUT2D eigenvalue weighted by molar-refractivity contribution is 7.92. The molecule has 3 aromatic rings. The van der Waals surface area contributed by atoms with Crippen molar-refractivity contribution in [3.63, 3.8) is 0 Å². The second-order valence-corrected chi connectivity index (χ2v) is 9.82. The first-order valence-electron chi connectivity index (χ1n) is 10.8. The van der Waals surface area contributed by atoms with E-state index in [1.165, 1.54) is 4.31 Å². The standard InChI is InChI=1S/C26H30N2O3S/c1-5-22-11-9-10-14-25(22)28(32(30,31)23-12-7-6-8-13-23)18-26(29)27-21(4)24-16-15-19(2)17-20(24)3/h6-17,21H,5,18H2,1-4H3,(H,27,29)/t21-/m1/s1. The zero-order chi connectivity index (χ0) is 23.3. The predicted octanol–water partition coefficient (Wildman–Crippen LogP) is 4.94. The molecule has 1 N–H and O–H groups in total. The zero-order valence-electron chi connectivity index (χ0n) is 19.0. The molecule has 1 amide bonds. The second-order valence-electron chi connectivity index (χ2n) is 7.96. The molecule has 0 aromatic heterocycles. The van der Waals surface area contributed by atoms with Gasteiger partial charge in [0.15, 0.2) is 0 Å². The molecular weight excluding hydrogens is 420 g/mol. The molecule has 0 saturated carbocycles. The van der Waals surface area contributed by atoms with Gasteiger partial charge in [-0.15, -0.1) is 0 Å². The van der Waals surface area contributed by atoms with Crippen molar-refractivity contribution in [1.29, 1.82) is 0 Å². The number of rotatable bonds is 8. The van der Waals surface area contributed by atoms with Crippen LogP contribution in [0.15, 0.2) is 77.7 Å². The molecule has 0 unspecified atom stereocenters. The summed E-state index contributed by atoms with van der Waals surface area (Å²) in [6.07, 6.45) is 0.650. The molecule has 0 spiro atoms. The van der Waals surface area contributed by atoms with Crippen LogP contribution in [-0.4, -0.2) is 20.9 Å². The molecular formula is C26H30N2O3S. The SMILES string of the molecule is CCc1ccccc1N(CC(=O)N[C@H](C)c1ccc(C)cc1C)S(=O)(=O)c1ccccc1. The smallest absolute Gasteiger partial charge is 0.264 e. The second kappa shape index (κ2) is 10.0. The Morgan fingerprint density at radius 3 is 2.28 bits per heavy atom. The summed E-state index contributed by atoms with van der Waals surface area (Å²) in [5.41, 5.74) is 4.63. The number of nitrogens with zero attached hydrogens (tertiary/aromatic N) is 1. The van der Waals surface area contributed by atoms with Crippen LogP contribution in [-0.2, 0) is 21.2 Å². The summed E-state index contributed by atoms with van der Waals surface area (Å²) in [6, 6.07) is 21.4. The lowest BCUT2D eigenvalue weighted by molar-refractivity contribution is -0.120. The van der Waals surface area contributed by atoms with Crippen LogP contribution < -0.4 is 9.62 Å². The quantitative estimate of drug-likeness (QED) is 0.529. The molecule has 32 heavy (non-hydrogen) atoms. The summed E-state index contributed by atoms with van der Waals surface area (Å²) in [5.74, 6) is -0.358. The van der Waals surface area contributed by atoms with Gasteiger partial charge in [0.2, 0.25) is 5.91 Å². The molecule has 168 valence electrons. The van der Waals surface area contributed by atoms with Crippen LogP contribution in [0.2, 0.25) is 0 Å². The minimum Gasteiger partial charge on any atom is -0.348 e. The van der Waals surface area contributed by atoms with E-state index in [-0.39, 0.29) is 23.4 Å². The highest BCUT2D eigenvalue weighted by atomic mass is 32.2. The van der Waals surface area contributed by atoms with Crippen molar-refractivity contribution < 1.29 is 13.2 Å². The van der Waals surface area contributed by atoms with Crippen molar-refractivity contribution in [2.75, 3.05) is 10.8 Å². The lowest BCUT2D eigenvalue weighted by Gasteiger charge is -2.27. The highest BCUT2D eigenvalue weighted by Gasteiger charge is 2.29. The Hall–Kier alpha value is -3.12.